The van der Waals surface area contributed by atoms with Crippen molar-refractivity contribution < 1.29 is 22.8 Å². The molecule has 1 aliphatic rings. The Morgan fingerprint density at radius 1 is 1.18 bits per heavy atom. The fourth-order valence-corrected chi connectivity index (χ4v) is 3.39. The highest BCUT2D eigenvalue weighted by molar-refractivity contribution is 6.60. The first-order chi connectivity index (χ1) is 8.16. The van der Waals surface area contributed by atoms with Gasteiger partial charge >= 0.3 is 8.80 Å². The van der Waals surface area contributed by atoms with Gasteiger partial charge in [-0.25, -0.2) is 0 Å². The van der Waals surface area contributed by atoms with Crippen molar-refractivity contribution in [2.45, 2.75) is 31.4 Å². The van der Waals surface area contributed by atoms with E-state index in [0.717, 1.165) is 25.5 Å². The standard InChI is InChI=1S/C11H24O5Si/c1-5-11(10-16-11)9-15-7-6-8-17(12-2,13-3)14-4/h5-10H2,1-4H3. The Bertz CT molecular complexity index is 208. The predicted octanol–water partition coefficient (Wildman–Crippen LogP) is 1.45. The molecular weight excluding hydrogens is 240 g/mol. The maximum Gasteiger partial charge on any atom is 0.500 e. The van der Waals surface area contributed by atoms with E-state index in [2.05, 4.69) is 6.92 Å². The summed E-state index contributed by atoms with van der Waals surface area (Å²) in [5, 5.41) is 0. The summed E-state index contributed by atoms with van der Waals surface area (Å²) in [7, 11) is 2.47. The van der Waals surface area contributed by atoms with E-state index < -0.39 is 8.80 Å². The zero-order chi connectivity index (χ0) is 12.8. The first-order valence-electron chi connectivity index (χ1n) is 6.03. The van der Waals surface area contributed by atoms with Gasteiger partial charge in [0.1, 0.15) is 5.60 Å². The molecule has 0 saturated carbocycles. The Morgan fingerprint density at radius 2 is 1.76 bits per heavy atom. The van der Waals surface area contributed by atoms with Crippen molar-refractivity contribution >= 4 is 8.80 Å². The number of hydrogen-bond acceptors (Lipinski definition) is 5. The minimum Gasteiger partial charge on any atom is -0.378 e. The molecule has 0 aromatic rings. The van der Waals surface area contributed by atoms with Crippen molar-refractivity contribution in [2.24, 2.45) is 0 Å². The van der Waals surface area contributed by atoms with Crippen LogP contribution in [0.1, 0.15) is 19.8 Å². The molecule has 1 aliphatic heterocycles. The second kappa shape index (κ2) is 6.82. The Morgan fingerprint density at radius 3 is 2.18 bits per heavy atom. The zero-order valence-corrected chi connectivity index (χ0v) is 12.3. The third-order valence-corrected chi connectivity index (χ3v) is 6.10. The molecule has 0 aromatic carbocycles. The topological polar surface area (TPSA) is 49.5 Å². The maximum atomic E-state index is 5.61. The second-order valence-electron chi connectivity index (χ2n) is 4.28. The molecule has 0 radical (unpaired) electrons. The Hall–Kier alpha value is 0.0169. The molecule has 6 heteroatoms. The van der Waals surface area contributed by atoms with Crippen LogP contribution in [0.4, 0.5) is 0 Å². The first-order valence-corrected chi connectivity index (χ1v) is 7.96. The molecule has 102 valence electrons. The molecule has 0 N–H and O–H groups in total. The molecule has 1 atom stereocenters. The fraction of sp³-hybridized carbons (Fsp3) is 1.00. The van der Waals surface area contributed by atoms with Crippen LogP contribution in [0.3, 0.4) is 0 Å². The molecule has 1 fully saturated rings. The van der Waals surface area contributed by atoms with Gasteiger partial charge in [0.05, 0.1) is 13.2 Å². The van der Waals surface area contributed by atoms with Crippen LogP contribution >= 0.6 is 0 Å². The Labute approximate surface area is 105 Å². The van der Waals surface area contributed by atoms with Crippen molar-refractivity contribution in [1.82, 2.24) is 0 Å². The van der Waals surface area contributed by atoms with E-state index in [1.165, 1.54) is 0 Å². The van der Waals surface area contributed by atoms with E-state index in [1.807, 2.05) is 0 Å². The van der Waals surface area contributed by atoms with Gasteiger partial charge < -0.3 is 22.8 Å². The summed E-state index contributed by atoms with van der Waals surface area (Å²) in [5.41, 5.74) is 0.0122. The summed E-state index contributed by atoms with van der Waals surface area (Å²) < 4.78 is 27.0. The zero-order valence-electron chi connectivity index (χ0n) is 11.3. The fourth-order valence-electron chi connectivity index (χ4n) is 1.70. The van der Waals surface area contributed by atoms with Crippen LogP contribution in [0, 0.1) is 0 Å². The van der Waals surface area contributed by atoms with Gasteiger partial charge in [-0.2, -0.15) is 0 Å². The molecular formula is C11H24O5Si. The van der Waals surface area contributed by atoms with Gasteiger partial charge in [0.25, 0.3) is 0 Å². The van der Waals surface area contributed by atoms with Crippen LogP contribution in [0.25, 0.3) is 0 Å². The highest BCUT2D eigenvalue weighted by Crippen LogP contribution is 2.30. The van der Waals surface area contributed by atoms with E-state index in [0.29, 0.717) is 13.2 Å². The van der Waals surface area contributed by atoms with E-state index in [-0.39, 0.29) is 5.60 Å². The molecule has 0 spiro atoms. The van der Waals surface area contributed by atoms with Gasteiger partial charge in [-0.3, -0.25) is 0 Å². The number of hydrogen-bond donors (Lipinski definition) is 0. The van der Waals surface area contributed by atoms with Crippen molar-refractivity contribution in [3.8, 4) is 0 Å². The van der Waals surface area contributed by atoms with Gasteiger partial charge in [0.15, 0.2) is 0 Å². The number of ether oxygens (including phenoxy) is 2. The van der Waals surface area contributed by atoms with Gasteiger partial charge in [-0.15, -0.1) is 0 Å². The smallest absolute Gasteiger partial charge is 0.378 e. The van der Waals surface area contributed by atoms with Crippen molar-refractivity contribution in [3.05, 3.63) is 0 Å². The number of epoxide rings is 1. The number of rotatable bonds is 10. The van der Waals surface area contributed by atoms with Gasteiger partial charge in [0.2, 0.25) is 0 Å². The summed E-state index contributed by atoms with van der Waals surface area (Å²) in [5.74, 6) is 0. The van der Waals surface area contributed by atoms with Gasteiger partial charge in [-0.05, 0) is 12.8 Å². The summed E-state index contributed by atoms with van der Waals surface area (Å²) in [4.78, 5) is 0. The van der Waals surface area contributed by atoms with Crippen LogP contribution in [0.15, 0.2) is 0 Å². The largest absolute Gasteiger partial charge is 0.500 e. The monoisotopic (exact) mass is 264 g/mol. The van der Waals surface area contributed by atoms with Crippen molar-refractivity contribution in [3.63, 3.8) is 0 Å². The average Bonchev–Trinajstić information content (AvgIpc) is 3.15. The van der Waals surface area contributed by atoms with Crippen molar-refractivity contribution in [2.75, 3.05) is 41.2 Å². The second-order valence-corrected chi connectivity index (χ2v) is 7.37. The van der Waals surface area contributed by atoms with E-state index in [1.54, 1.807) is 21.3 Å². The average molecular weight is 264 g/mol. The first kappa shape index (κ1) is 15.1. The summed E-state index contributed by atoms with van der Waals surface area (Å²) >= 11 is 0. The lowest BCUT2D eigenvalue weighted by Crippen LogP contribution is -2.42. The summed E-state index contributed by atoms with van der Waals surface area (Å²) in [6.07, 6.45) is 1.89. The van der Waals surface area contributed by atoms with E-state index >= 15 is 0 Å². The SMILES string of the molecule is CCC1(COCCC[Si](OC)(OC)OC)CO1. The minimum absolute atomic E-state index is 0.0122. The van der Waals surface area contributed by atoms with E-state index in [9.17, 15) is 0 Å². The maximum absolute atomic E-state index is 5.61. The lowest BCUT2D eigenvalue weighted by Gasteiger charge is -2.24. The van der Waals surface area contributed by atoms with Gasteiger partial charge in [-0.1, -0.05) is 6.92 Å². The quantitative estimate of drug-likeness (QED) is 0.339. The molecule has 1 rings (SSSR count). The lowest BCUT2D eigenvalue weighted by atomic mass is 10.1. The molecule has 0 bridgehead atoms. The molecule has 5 nitrogen and oxygen atoms in total. The molecule has 1 unspecified atom stereocenters. The van der Waals surface area contributed by atoms with E-state index in [4.69, 9.17) is 22.8 Å². The molecule has 17 heavy (non-hydrogen) atoms. The normalized spacial score (nSPS) is 24.0. The molecule has 0 aromatic heterocycles. The van der Waals surface area contributed by atoms with Crippen LogP contribution in [-0.2, 0) is 22.8 Å². The van der Waals surface area contributed by atoms with Crippen LogP contribution in [0.2, 0.25) is 6.04 Å². The predicted molar refractivity (Wildman–Crippen MR) is 66.0 cm³/mol. The highest BCUT2D eigenvalue weighted by atomic mass is 28.4. The third kappa shape index (κ3) is 4.31. The molecule has 0 amide bonds. The van der Waals surface area contributed by atoms with Crippen molar-refractivity contribution in [1.29, 1.82) is 0 Å². The van der Waals surface area contributed by atoms with Crippen LogP contribution < -0.4 is 0 Å². The molecule has 1 heterocycles. The minimum atomic E-state index is -2.42. The summed E-state index contributed by atoms with van der Waals surface area (Å²) in [6, 6.07) is 0.774. The Kier molecular flexibility index (Phi) is 6.05. The van der Waals surface area contributed by atoms with Crippen LogP contribution in [0.5, 0.6) is 0 Å². The Balaban J connectivity index is 2.10. The highest BCUT2D eigenvalue weighted by Gasteiger charge is 2.43. The summed E-state index contributed by atoms with van der Waals surface area (Å²) in [6.45, 7) is 4.33. The third-order valence-electron chi connectivity index (χ3n) is 3.27. The molecule has 1 saturated heterocycles. The lowest BCUT2D eigenvalue weighted by molar-refractivity contribution is 0.0716. The molecule has 0 aliphatic carbocycles. The van der Waals surface area contributed by atoms with Crippen LogP contribution in [-0.4, -0.2) is 55.6 Å². The van der Waals surface area contributed by atoms with Gasteiger partial charge in [0, 0.05) is 34.0 Å².